The molecule has 0 bridgehead atoms. The number of benzene rings is 2. The van der Waals surface area contributed by atoms with Crippen LogP contribution in [-0.2, 0) is 33.3 Å². The van der Waals surface area contributed by atoms with Crippen LogP contribution in [0.25, 0.3) is 0 Å². The van der Waals surface area contributed by atoms with Gasteiger partial charge in [0, 0.05) is 30.9 Å². The summed E-state index contributed by atoms with van der Waals surface area (Å²) in [7, 11) is -3.85. The van der Waals surface area contributed by atoms with Crippen molar-refractivity contribution >= 4 is 16.0 Å². The fourth-order valence-electron chi connectivity index (χ4n) is 3.27. The van der Waals surface area contributed by atoms with Gasteiger partial charge in [0.25, 0.3) is 0 Å². The average molecular weight is 485 g/mol. The number of aliphatic hydroxyl groups is 1. The lowest BCUT2D eigenvalue weighted by Crippen LogP contribution is -2.30. The molecular formula is C25H28N2O6S. The molecule has 3 rings (SSSR count). The fourth-order valence-corrected chi connectivity index (χ4v) is 4.65. The van der Waals surface area contributed by atoms with Crippen LogP contribution in [0.3, 0.4) is 0 Å². The molecule has 0 aliphatic carbocycles. The quantitative estimate of drug-likeness (QED) is 0.429. The van der Waals surface area contributed by atoms with Crippen LogP contribution < -0.4 is 4.74 Å². The molecule has 8 nitrogen and oxygen atoms in total. The van der Waals surface area contributed by atoms with E-state index in [4.69, 9.17) is 9.84 Å². The second-order valence-electron chi connectivity index (χ2n) is 8.53. The molecular weight excluding hydrogens is 456 g/mol. The third kappa shape index (κ3) is 6.40. The molecule has 180 valence electrons. The minimum absolute atomic E-state index is 0.0000323. The standard InChI is InChI=1S/C25H28N2O6S/c1-25(2,18-28)21-9-5-19(6-10-21)15-27(34(31,32)23-4-3-13-26-14-23)16-20-7-11-22(12-8-20)33-17-24(29)30/h3-14,28H,15-18H2,1-2H3,(H,29,30). The zero-order valence-electron chi connectivity index (χ0n) is 19.1. The smallest absolute Gasteiger partial charge is 0.341 e. The third-order valence-electron chi connectivity index (χ3n) is 5.41. The minimum Gasteiger partial charge on any atom is -0.482 e. The zero-order valence-corrected chi connectivity index (χ0v) is 19.9. The van der Waals surface area contributed by atoms with Gasteiger partial charge in [-0.05, 0) is 41.0 Å². The fraction of sp³-hybridized carbons (Fsp3) is 0.280. The highest BCUT2D eigenvalue weighted by atomic mass is 32.2. The molecule has 0 radical (unpaired) electrons. The van der Waals surface area contributed by atoms with E-state index in [0.29, 0.717) is 11.3 Å². The second kappa shape index (κ2) is 10.8. The Morgan fingerprint density at radius 2 is 1.59 bits per heavy atom. The van der Waals surface area contributed by atoms with Crippen molar-refractivity contribution in [2.45, 2.75) is 37.2 Å². The van der Waals surface area contributed by atoms with Gasteiger partial charge in [-0.15, -0.1) is 0 Å². The summed E-state index contributed by atoms with van der Waals surface area (Å²) >= 11 is 0. The molecule has 0 spiro atoms. The van der Waals surface area contributed by atoms with Crippen LogP contribution in [0.1, 0.15) is 30.5 Å². The van der Waals surface area contributed by atoms with Gasteiger partial charge < -0.3 is 14.9 Å². The molecule has 0 aliphatic heterocycles. The normalized spacial score (nSPS) is 12.0. The van der Waals surface area contributed by atoms with Crippen molar-refractivity contribution in [2.24, 2.45) is 0 Å². The van der Waals surface area contributed by atoms with Gasteiger partial charge in [0.2, 0.25) is 10.0 Å². The number of hydrogen-bond donors (Lipinski definition) is 2. The highest BCUT2D eigenvalue weighted by molar-refractivity contribution is 7.89. The molecule has 0 unspecified atom stereocenters. The highest BCUT2D eigenvalue weighted by Crippen LogP contribution is 2.25. The van der Waals surface area contributed by atoms with E-state index in [1.54, 1.807) is 30.3 Å². The summed E-state index contributed by atoms with van der Waals surface area (Å²) in [6.07, 6.45) is 2.83. The molecule has 9 heteroatoms. The number of rotatable bonds is 11. The van der Waals surface area contributed by atoms with Gasteiger partial charge in [0.1, 0.15) is 10.6 Å². The van der Waals surface area contributed by atoms with Crippen molar-refractivity contribution in [3.63, 3.8) is 0 Å². The Bertz CT molecular complexity index is 1190. The summed E-state index contributed by atoms with van der Waals surface area (Å²) in [6, 6.07) is 17.2. The van der Waals surface area contributed by atoms with Gasteiger partial charge >= 0.3 is 5.97 Å². The first kappa shape index (κ1) is 25.4. The Morgan fingerprint density at radius 3 is 2.09 bits per heavy atom. The van der Waals surface area contributed by atoms with Crippen molar-refractivity contribution in [3.8, 4) is 5.75 Å². The number of carboxylic acid groups (broad SMARTS) is 1. The van der Waals surface area contributed by atoms with Crippen LogP contribution in [0, 0.1) is 0 Å². The number of aliphatic carboxylic acids is 1. The molecule has 34 heavy (non-hydrogen) atoms. The van der Waals surface area contributed by atoms with Gasteiger partial charge in [-0.3, -0.25) is 4.98 Å². The number of hydrogen-bond acceptors (Lipinski definition) is 6. The Balaban J connectivity index is 1.87. The topological polar surface area (TPSA) is 117 Å². The van der Waals surface area contributed by atoms with Crippen molar-refractivity contribution in [1.29, 1.82) is 0 Å². The molecule has 2 N–H and O–H groups in total. The lowest BCUT2D eigenvalue weighted by molar-refractivity contribution is -0.139. The van der Waals surface area contributed by atoms with Crippen LogP contribution in [0.15, 0.2) is 78.0 Å². The average Bonchev–Trinajstić information content (AvgIpc) is 2.84. The van der Waals surface area contributed by atoms with Gasteiger partial charge in [-0.1, -0.05) is 50.2 Å². The van der Waals surface area contributed by atoms with Gasteiger partial charge in [0.15, 0.2) is 6.61 Å². The van der Waals surface area contributed by atoms with Gasteiger partial charge in [0.05, 0.1) is 6.61 Å². The first-order valence-corrected chi connectivity index (χ1v) is 12.1. The van der Waals surface area contributed by atoms with E-state index in [2.05, 4.69) is 4.98 Å². The SMILES string of the molecule is CC(C)(CO)c1ccc(CN(Cc2ccc(OCC(=O)O)cc2)S(=O)(=O)c2cccnc2)cc1. The number of aliphatic hydroxyl groups excluding tert-OH is 1. The number of nitrogens with zero attached hydrogens (tertiary/aromatic N) is 2. The lowest BCUT2D eigenvalue weighted by atomic mass is 9.85. The number of pyridine rings is 1. The molecule has 1 heterocycles. The molecule has 0 saturated heterocycles. The van der Waals surface area contributed by atoms with Crippen LogP contribution in [0.4, 0.5) is 0 Å². The van der Waals surface area contributed by atoms with E-state index >= 15 is 0 Å². The van der Waals surface area contributed by atoms with Gasteiger partial charge in [-0.25, -0.2) is 13.2 Å². The van der Waals surface area contributed by atoms with E-state index in [-0.39, 0.29) is 24.6 Å². The minimum atomic E-state index is -3.85. The molecule has 0 fully saturated rings. The predicted molar refractivity (Wildman–Crippen MR) is 127 cm³/mol. The molecule has 0 atom stereocenters. The molecule has 0 aliphatic rings. The summed E-state index contributed by atoms with van der Waals surface area (Å²) < 4.78 is 33.4. The van der Waals surface area contributed by atoms with Crippen molar-refractivity contribution in [2.75, 3.05) is 13.2 Å². The molecule has 2 aromatic carbocycles. The predicted octanol–water partition coefficient (Wildman–Crippen LogP) is 3.21. The number of aromatic nitrogens is 1. The number of sulfonamides is 1. The first-order chi connectivity index (χ1) is 16.1. The number of carbonyl (C=O) groups is 1. The van der Waals surface area contributed by atoms with E-state index in [1.165, 1.54) is 22.8 Å². The maximum Gasteiger partial charge on any atom is 0.341 e. The summed E-state index contributed by atoms with van der Waals surface area (Å²) in [5, 5.41) is 18.4. The number of carboxylic acids is 1. The van der Waals surface area contributed by atoms with E-state index in [0.717, 1.165) is 11.1 Å². The maximum atomic E-state index is 13.4. The van der Waals surface area contributed by atoms with E-state index < -0.39 is 28.0 Å². The largest absolute Gasteiger partial charge is 0.482 e. The summed E-state index contributed by atoms with van der Waals surface area (Å²) in [5.41, 5.74) is 2.07. The third-order valence-corrected chi connectivity index (χ3v) is 7.18. The van der Waals surface area contributed by atoms with Gasteiger partial charge in [-0.2, -0.15) is 4.31 Å². The van der Waals surface area contributed by atoms with Crippen LogP contribution in [0.2, 0.25) is 0 Å². The highest BCUT2D eigenvalue weighted by Gasteiger charge is 2.26. The van der Waals surface area contributed by atoms with Crippen LogP contribution in [-0.4, -0.2) is 47.1 Å². The second-order valence-corrected chi connectivity index (χ2v) is 10.5. The summed E-state index contributed by atoms with van der Waals surface area (Å²) in [5.74, 6) is -0.693. The van der Waals surface area contributed by atoms with E-state index in [9.17, 15) is 18.3 Å². The van der Waals surface area contributed by atoms with Crippen LogP contribution in [0.5, 0.6) is 5.75 Å². The van der Waals surface area contributed by atoms with Crippen molar-refractivity contribution < 1.29 is 28.2 Å². The molecule has 1 aromatic heterocycles. The van der Waals surface area contributed by atoms with Crippen molar-refractivity contribution in [3.05, 3.63) is 89.7 Å². The maximum absolute atomic E-state index is 13.4. The summed E-state index contributed by atoms with van der Waals surface area (Å²) in [4.78, 5) is 14.7. The first-order valence-electron chi connectivity index (χ1n) is 10.7. The monoisotopic (exact) mass is 484 g/mol. The Morgan fingerprint density at radius 1 is 1.00 bits per heavy atom. The molecule has 3 aromatic rings. The zero-order chi connectivity index (χ0) is 24.8. The van der Waals surface area contributed by atoms with Crippen molar-refractivity contribution in [1.82, 2.24) is 9.29 Å². The Hall–Kier alpha value is -3.27. The Kier molecular flexibility index (Phi) is 8.03. The van der Waals surface area contributed by atoms with Crippen LogP contribution >= 0.6 is 0 Å². The Labute approximate surface area is 199 Å². The summed E-state index contributed by atoms with van der Waals surface area (Å²) in [6.45, 7) is 3.65. The molecule has 0 saturated carbocycles. The molecule has 0 amide bonds. The van der Waals surface area contributed by atoms with E-state index in [1.807, 2.05) is 38.1 Å². The number of ether oxygens (including phenoxy) is 1. The lowest BCUT2D eigenvalue weighted by Gasteiger charge is -2.24.